The van der Waals surface area contributed by atoms with Gasteiger partial charge in [-0.3, -0.25) is 4.79 Å². The molecule has 0 fully saturated rings. The minimum absolute atomic E-state index is 0.0208. The molecule has 4 aromatic rings. The van der Waals surface area contributed by atoms with Crippen molar-refractivity contribution < 1.29 is 43.2 Å². The summed E-state index contributed by atoms with van der Waals surface area (Å²) in [6.45, 7) is 7.55. The van der Waals surface area contributed by atoms with E-state index in [1.54, 1.807) is 0 Å². The molecule has 2 unspecified atom stereocenters. The molecule has 9 heteroatoms. The molecule has 0 amide bonds. The van der Waals surface area contributed by atoms with Crippen molar-refractivity contribution in [2.75, 3.05) is 26.4 Å². The maximum absolute atomic E-state index is 11.6. The van der Waals surface area contributed by atoms with Crippen LogP contribution in [0.2, 0.25) is 0 Å². The number of esters is 3. The Bertz CT molecular complexity index is 1730. The van der Waals surface area contributed by atoms with Gasteiger partial charge in [0.1, 0.15) is 44.0 Å². The molecule has 0 bridgehead atoms. The summed E-state index contributed by atoms with van der Waals surface area (Å²) in [5.41, 5.74) is 5.81. The van der Waals surface area contributed by atoms with E-state index in [0.717, 1.165) is 45.5 Å². The van der Waals surface area contributed by atoms with Crippen molar-refractivity contribution >= 4 is 17.9 Å². The molecule has 0 spiro atoms. The molecule has 4 aromatic carbocycles. The number of fused-ring (bicyclic) bond motifs is 3. The molecule has 246 valence electrons. The Morgan fingerprint density at radius 3 is 1.60 bits per heavy atom. The van der Waals surface area contributed by atoms with Crippen molar-refractivity contribution in [3.05, 3.63) is 145 Å². The fourth-order valence-corrected chi connectivity index (χ4v) is 5.88. The number of benzene rings is 4. The summed E-state index contributed by atoms with van der Waals surface area (Å²) in [5.74, 6) is -0.661. The van der Waals surface area contributed by atoms with Crippen LogP contribution in [0.15, 0.2) is 122 Å². The Morgan fingerprint density at radius 1 is 0.667 bits per heavy atom. The summed E-state index contributed by atoms with van der Waals surface area (Å²) in [6.07, 6.45) is 0.280. The van der Waals surface area contributed by atoms with Crippen LogP contribution in [0.5, 0.6) is 11.5 Å². The van der Waals surface area contributed by atoms with E-state index < -0.39 is 35.5 Å². The minimum Gasteiger partial charge on any atom is -0.491 e. The van der Waals surface area contributed by atoms with E-state index in [1.807, 2.05) is 72.8 Å². The van der Waals surface area contributed by atoms with Crippen molar-refractivity contribution in [2.45, 2.75) is 24.5 Å². The molecular formula is C39H36O9. The first-order chi connectivity index (χ1) is 23.3. The molecule has 0 heterocycles. The van der Waals surface area contributed by atoms with Crippen LogP contribution < -0.4 is 9.47 Å². The number of ether oxygens (including phenoxy) is 5. The number of hydrogen-bond acceptors (Lipinski definition) is 9. The standard InChI is InChI=1S/C39H36O9/c1-4-37(42)46-23-29(41)22-44-30-18-14-27(15-19-30)39(35-12-8-6-10-33(35)34-11-7-9-13-36(34)39)28-16-20-31(21-17-28)45-24-32(48-26(3)40)25-47-38(43)5-2/h4-21,29,32,41H,1-2,22-25H2,3H3. The van der Waals surface area contributed by atoms with Crippen molar-refractivity contribution in [3.63, 3.8) is 0 Å². The first-order valence-corrected chi connectivity index (χ1v) is 15.4. The van der Waals surface area contributed by atoms with Gasteiger partial charge in [0.25, 0.3) is 0 Å². The van der Waals surface area contributed by atoms with Gasteiger partial charge in [0.05, 0.1) is 5.41 Å². The van der Waals surface area contributed by atoms with E-state index in [-0.39, 0.29) is 26.4 Å². The quantitative estimate of drug-likeness (QED) is 0.0885. The molecule has 0 aliphatic heterocycles. The molecule has 9 nitrogen and oxygen atoms in total. The molecular weight excluding hydrogens is 612 g/mol. The van der Waals surface area contributed by atoms with E-state index in [0.29, 0.717) is 11.5 Å². The van der Waals surface area contributed by atoms with Crippen molar-refractivity contribution in [1.29, 1.82) is 0 Å². The van der Waals surface area contributed by atoms with Crippen molar-refractivity contribution in [2.24, 2.45) is 0 Å². The van der Waals surface area contributed by atoms with Crippen LogP contribution in [-0.2, 0) is 34.0 Å². The SMILES string of the molecule is C=CC(=O)OCC(O)COc1ccc(C2(c3ccc(OCC(COC(=O)C=C)OC(C)=O)cc3)c3ccccc3-c3ccccc32)cc1. The first-order valence-electron chi connectivity index (χ1n) is 15.4. The predicted octanol–water partition coefficient (Wildman–Crippen LogP) is 5.56. The number of carbonyl (C=O) groups excluding carboxylic acids is 3. The van der Waals surface area contributed by atoms with Crippen LogP contribution in [0.4, 0.5) is 0 Å². The summed E-state index contributed by atoms with van der Waals surface area (Å²) in [7, 11) is 0. The molecule has 0 aromatic heterocycles. The zero-order chi connectivity index (χ0) is 34.1. The Balaban J connectivity index is 1.44. The maximum Gasteiger partial charge on any atom is 0.330 e. The average molecular weight is 649 g/mol. The molecule has 0 saturated carbocycles. The number of carbonyl (C=O) groups is 3. The van der Waals surface area contributed by atoms with Crippen LogP contribution in [0.3, 0.4) is 0 Å². The highest BCUT2D eigenvalue weighted by Gasteiger charge is 2.45. The van der Waals surface area contributed by atoms with E-state index in [9.17, 15) is 19.5 Å². The van der Waals surface area contributed by atoms with Gasteiger partial charge in [-0.15, -0.1) is 0 Å². The maximum atomic E-state index is 11.6. The zero-order valence-electron chi connectivity index (χ0n) is 26.5. The number of aliphatic hydroxyl groups excluding tert-OH is 1. The van der Waals surface area contributed by atoms with Gasteiger partial charge >= 0.3 is 17.9 Å². The number of hydrogen-bond donors (Lipinski definition) is 1. The largest absolute Gasteiger partial charge is 0.491 e. The summed E-state index contributed by atoms with van der Waals surface area (Å²) < 4.78 is 27.0. The van der Waals surface area contributed by atoms with Gasteiger partial charge in [-0.05, 0) is 57.6 Å². The fourth-order valence-electron chi connectivity index (χ4n) is 5.88. The zero-order valence-corrected chi connectivity index (χ0v) is 26.5. The minimum atomic E-state index is -0.999. The smallest absolute Gasteiger partial charge is 0.330 e. The third-order valence-electron chi connectivity index (χ3n) is 7.90. The first kappa shape index (κ1) is 33.7. The highest BCUT2D eigenvalue weighted by Crippen LogP contribution is 2.56. The predicted molar refractivity (Wildman–Crippen MR) is 179 cm³/mol. The normalized spacial score (nSPS) is 13.5. The Labute approximate surface area is 279 Å². The van der Waals surface area contributed by atoms with Crippen molar-refractivity contribution in [1.82, 2.24) is 0 Å². The summed E-state index contributed by atoms with van der Waals surface area (Å²) in [5, 5.41) is 10.2. The van der Waals surface area contributed by atoms with Gasteiger partial charge in [-0.2, -0.15) is 0 Å². The molecule has 48 heavy (non-hydrogen) atoms. The molecule has 0 saturated heterocycles. The second-order valence-corrected chi connectivity index (χ2v) is 11.1. The fraction of sp³-hybridized carbons (Fsp3) is 0.205. The van der Waals surface area contributed by atoms with Crippen LogP contribution in [-0.4, -0.2) is 61.6 Å². The van der Waals surface area contributed by atoms with Crippen molar-refractivity contribution in [3.8, 4) is 22.6 Å². The third kappa shape index (κ3) is 7.32. The molecule has 5 rings (SSSR count). The topological polar surface area (TPSA) is 118 Å². The highest BCUT2D eigenvalue weighted by molar-refractivity contribution is 5.86. The van der Waals surface area contributed by atoms with Gasteiger partial charge in [-0.25, -0.2) is 9.59 Å². The third-order valence-corrected chi connectivity index (χ3v) is 7.90. The van der Waals surface area contributed by atoms with Gasteiger partial charge in [0, 0.05) is 19.1 Å². The molecule has 1 aliphatic carbocycles. The van der Waals surface area contributed by atoms with E-state index in [1.165, 1.54) is 6.92 Å². The lowest BCUT2D eigenvalue weighted by Gasteiger charge is -2.34. The monoisotopic (exact) mass is 648 g/mol. The van der Waals surface area contributed by atoms with E-state index >= 15 is 0 Å². The highest BCUT2D eigenvalue weighted by atomic mass is 16.6. The lowest BCUT2D eigenvalue weighted by atomic mass is 9.68. The van der Waals surface area contributed by atoms with Crippen LogP contribution >= 0.6 is 0 Å². The van der Waals surface area contributed by atoms with Gasteiger partial charge in [0.2, 0.25) is 0 Å². The second kappa shape index (κ2) is 15.3. The Kier molecular flexibility index (Phi) is 10.7. The average Bonchev–Trinajstić information content (AvgIpc) is 3.42. The van der Waals surface area contributed by atoms with Crippen LogP contribution in [0.25, 0.3) is 11.1 Å². The Morgan fingerprint density at radius 2 is 1.12 bits per heavy atom. The van der Waals surface area contributed by atoms with Crippen LogP contribution in [0.1, 0.15) is 29.2 Å². The summed E-state index contributed by atoms with van der Waals surface area (Å²) in [4.78, 5) is 34.5. The van der Waals surface area contributed by atoms with E-state index in [4.69, 9.17) is 23.7 Å². The second-order valence-electron chi connectivity index (χ2n) is 11.1. The number of rotatable bonds is 15. The van der Waals surface area contributed by atoms with Gasteiger partial charge in [-0.1, -0.05) is 86.0 Å². The molecule has 0 radical (unpaired) electrons. The summed E-state index contributed by atoms with van der Waals surface area (Å²) >= 11 is 0. The number of aliphatic hydroxyl groups is 1. The van der Waals surface area contributed by atoms with E-state index in [2.05, 4.69) is 37.4 Å². The molecule has 2 atom stereocenters. The lowest BCUT2D eigenvalue weighted by Crippen LogP contribution is -2.30. The lowest BCUT2D eigenvalue weighted by molar-refractivity contribution is -0.156. The molecule has 1 aliphatic rings. The Hall–Kier alpha value is -5.67. The molecule has 1 N–H and O–H groups in total. The van der Waals surface area contributed by atoms with Gasteiger partial charge < -0.3 is 28.8 Å². The summed E-state index contributed by atoms with van der Waals surface area (Å²) in [6, 6.07) is 32.1. The van der Waals surface area contributed by atoms with Crippen LogP contribution in [0, 0.1) is 0 Å². The van der Waals surface area contributed by atoms with Gasteiger partial charge in [0.15, 0.2) is 6.10 Å².